The second-order valence-electron chi connectivity index (χ2n) is 7.17. The van der Waals surface area contributed by atoms with Crippen LogP contribution in [-0.4, -0.2) is 68.1 Å². The van der Waals surface area contributed by atoms with E-state index in [0.29, 0.717) is 17.5 Å². The van der Waals surface area contributed by atoms with E-state index in [-0.39, 0.29) is 17.9 Å². The summed E-state index contributed by atoms with van der Waals surface area (Å²) in [6, 6.07) is 0.621. The van der Waals surface area contributed by atoms with Crippen molar-refractivity contribution >= 4 is 17.4 Å². The van der Waals surface area contributed by atoms with Gasteiger partial charge in [0.1, 0.15) is 0 Å². The molecular formula is C16H24N8O. The first kappa shape index (κ1) is 16.2. The van der Waals surface area contributed by atoms with Crippen molar-refractivity contribution in [2.45, 2.75) is 44.2 Å². The topological polar surface area (TPSA) is 100 Å². The van der Waals surface area contributed by atoms with Crippen LogP contribution in [0.3, 0.4) is 0 Å². The first-order valence-electron chi connectivity index (χ1n) is 8.97. The third kappa shape index (κ3) is 3.55. The number of nitrogens with zero attached hydrogens (tertiary/aromatic N) is 6. The van der Waals surface area contributed by atoms with E-state index in [1.807, 2.05) is 0 Å². The quantitative estimate of drug-likeness (QED) is 0.823. The molecule has 2 fully saturated rings. The highest BCUT2D eigenvalue weighted by atomic mass is 16.2. The highest BCUT2D eigenvalue weighted by molar-refractivity contribution is 5.79. The summed E-state index contributed by atoms with van der Waals surface area (Å²) in [6.07, 6.45) is 8.37. The van der Waals surface area contributed by atoms with Gasteiger partial charge in [-0.05, 0) is 56.1 Å². The van der Waals surface area contributed by atoms with E-state index >= 15 is 0 Å². The maximum absolute atomic E-state index is 12.4. The molecular weight excluding hydrogens is 320 g/mol. The average molecular weight is 344 g/mol. The van der Waals surface area contributed by atoms with Gasteiger partial charge in [-0.2, -0.15) is 4.52 Å². The Labute approximate surface area is 146 Å². The fourth-order valence-corrected chi connectivity index (χ4v) is 3.82. The summed E-state index contributed by atoms with van der Waals surface area (Å²) in [5, 5.41) is 18.3. The monoisotopic (exact) mass is 344 g/mol. The van der Waals surface area contributed by atoms with Crippen molar-refractivity contribution in [1.29, 1.82) is 0 Å². The van der Waals surface area contributed by atoms with E-state index < -0.39 is 0 Å². The molecule has 4 rings (SSSR count). The Morgan fingerprint density at radius 3 is 2.76 bits per heavy atom. The molecule has 1 atom stereocenters. The molecule has 1 unspecified atom stereocenters. The molecule has 25 heavy (non-hydrogen) atoms. The maximum atomic E-state index is 12.4. The number of anilines is 1. The molecule has 1 saturated carbocycles. The minimum atomic E-state index is 0.156. The van der Waals surface area contributed by atoms with Crippen LogP contribution in [0.4, 0.5) is 5.82 Å². The standard InChI is InChI=1S/C16H24N8O/c1-23-8-6-11(10-23)16(25)19-13-4-2-12(3-5-13)18-14-15-20-21-22-24(15)9-7-17-14/h7,9,11-13H,2-6,8,10H2,1H3,(H,17,18)(H,19,25). The van der Waals surface area contributed by atoms with Gasteiger partial charge in [0.15, 0.2) is 5.82 Å². The molecule has 3 heterocycles. The molecule has 0 bridgehead atoms. The Morgan fingerprint density at radius 1 is 1.20 bits per heavy atom. The van der Waals surface area contributed by atoms with E-state index in [9.17, 15) is 4.79 Å². The predicted octanol–water partition coefficient (Wildman–Crippen LogP) is 0.310. The molecule has 9 nitrogen and oxygen atoms in total. The second kappa shape index (κ2) is 6.91. The number of carbonyl (C=O) groups is 1. The lowest BCUT2D eigenvalue weighted by Crippen LogP contribution is -2.43. The lowest BCUT2D eigenvalue weighted by atomic mass is 9.90. The Balaban J connectivity index is 1.28. The van der Waals surface area contributed by atoms with Gasteiger partial charge in [0.25, 0.3) is 0 Å². The van der Waals surface area contributed by atoms with Crippen LogP contribution in [0.5, 0.6) is 0 Å². The molecule has 1 aliphatic heterocycles. The smallest absolute Gasteiger partial charge is 0.224 e. The number of fused-ring (bicyclic) bond motifs is 1. The number of amides is 1. The molecule has 0 spiro atoms. The van der Waals surface area contributed by atoms with Crippen molar-refractivity contribution in [3.63, 3.8) is 0 Å². The highest BCUT2D eigenvalue weighted by Gasteiger charge is 2.29. The lowest BCUT2D eigenvalue weighted by Gasteiger charge is -2.30. The fourth-order valence-electron chi connectivity index (χ4n) is 3.82. The number of tetrazole rings is 1. The average Bonchev–Trinajstić information content (AvgIpc) is 3.26. The molecule has 1 aliphatic carbocycles. The molecule has 0 aromatic carbocycles. The number of likely N-dealkylation sites (tertiary alicyclic amines) is 1. The van der Waals surface area contributed by atoms with Gasteiger partial charge in [0.2, 0.25) is 11.6 Å². The normalized spacial score (nSPS) is 27.5. The molecule has 134 valence electrons. The minimum absolute atomic E-state index is 0.156. The number of aromatic nitrogens is 5. The van der Waals surface area contributed by atoms with Crippen LogP contribution in [0.15, 0.2) is 12.4 Å². The summed E-state index contributed by atoms with van der Waals surface area (Å²) in [5.41, 5.74) is 0.642. The third-order valence-electron chi connectivity index (χ3n) is 5.29. The number of carbonyl (C=O) groups excluding carboxylic acids is 1. The summed E-state index contributed by atoms with van der Waals surface area (Å²) >= 11 is 0. The maximum Gasteiger partial charge on any atom is 0.224 e. The second-order valence-corrected chi connectivity index (χ2v) is 7.17. The van der Waals surface area contributed by atoms with Crippen molar-refractivity contribution in [1.82, 2.24) is 35.2 Å². The summed E-state index contributed by atoms with van der Waals surface area (Å²) in [7, 11) is 2.07. The molecule has 1 saturated heterocycles. The van der Waals surface area contributed by atoms with Gasteiger partial charge in [-0.1, -0.05) is 0 Å². The SMILES string of the molecule is CN1CCC(C(=O)NC2CCC(Nc3nccn4nnnc34)CC2)C1. The summed E-state index contributed by atoms with van der Waals surface area (Å²) in [4.78, 5) is 18.9. The number of hydrogen-bond acceptors (Lipinski definition) is 7. The van der Waals surface area contributed by atoms with Gasteiger partial charge >= 0.3 is 0 Å². The number of hydrogen-bond donors (Lipinski definition) is 2. The lowest BCUT2D eigenvalue weighted by molar-refractivity contribution is -0.125. The molecule has 0 radical (unpaired) electrons. The first-order valence-corrected chi connectivity index (χ1v) is 8.97. The van der Waals surface area contributed by atoms with Crippen molar-refractivity contribution in [2.24, 2.45) is 5.92 Å². The Hall–Kier alpha value is -2.29. The summed E-state index contributed by atoms with van der Waals surface area (Å²) in [5.74, 6) is 1.10. The van der Waals surface area contributed by atoms with Crippen LogP contribution in [-0.2, 0) is 4.79 Å². The molecule has 1 amide bonds. The van der Waals surface area contributed by atoms with Crippen LogP contribution in [0.2, 0.25) is 0 Å². The zero-order valence-corrected chi connectivity index (χ0v) is 14.4. The Kier molecular flexibility index (Phi) is 4.48. The van der Waals surface area contributed by atoms with E-state index in [0.717, 1.165) is 45.2 Å². The number of nitrogens with one attached hydrogen (secondary N) is 2. The van der Waals surface area contributed by atoms with Crippen LogP contribution >= 0.6 is 0 Å². The zero-order valence-electron chi connectivity index (χ0n) is 14.4. The molecule has 2 N–H and O–H groups in total. The highest BCUT2D eigenvalue weighted by Crippen LogP contribution is 2.23. The predicted molar refractivity (Wildman–Crippen MR) is 92.0 cm³/mol. The zero-order chi connectivity index (χ0) is 17.2. The Bertz CT molecular complexity index is 739. The van der Waals surface area contributed by atoms with Crippen molar-refractivity contribution < 1.29 is 4.79 Å². The van der Waals surface area contributed by atoms with Crippen molar-refractivity contribution in [3.8, 4) is 0 Å². The number of rotatable bonds is 4. The van der Waals surface area contributed by atoms with E-state index in [1.165, 1.54) is 0 Å². The molecule has 2 aromatic heterocycles. The van der Waals surface area contributed by atoms with Crippen LogP contribution in [0, 0.1) is 5.92 Å². The largest absolute Gasteiger partial charge is 0.364 e. The van der Waals surface area contributed by atoms with Gasteiger partial charge in [-0.25, -0.2) is 4.98 Å². The van der Waals surface area contributed by atoms with Gasteiger partial charge in [0.05, 0.1) is 12.1 Å². The van der Waals surface area contributed by atoms with Crippen LogP contribution in [0.25, 0.3) is 5.65 Å². The van der Waals surface area contributed by atoms with Crippen LogP contribution in [0.1, 0.15) is 32.1 Å². The van der Waals surface area contributed by atoms with E-state index in [2.05, 4.69) is 43.1 Å². The van der Waals surface area contributed by atoms with Gasteiger partial charge < -0.3 is 15.5 Å². The fraction of sp³-hybridized carbons (Fsp3) is 0.688. The Morgan fingerprint density at radius 2 is 2.00 bits per heavy atom. The molecule has 2 aromatic rings. The molecule has 2 aliphatic rings. The van der Waals surface area contributed by atoms with Crippen molar-refractivity contribution in [2.75, 3.05) is 25.5 Å². The van der Waals surface area contributed by atoms with Gasteiger partial charge in [-0.15, -0.1) is 5.10 Å². The van der Waals surface area contributed by atoms with Gasteiger partial charge in [0, 0.05) is 24.8 Å². The summed E-state index contributed by atoms with van der Waals surface area (Å²) in [6.45, 7) is 1.90. The van der Waals surface area contributed by atoms with Gasteiger partial charge in [-0.3, -0.25) is 4.79 Å². The summed E-state index contributed by atoms with van der Waals surface area (Å²) < 4.78 is 1.61. The van der Waals surface area contributed by atoms with Crippen LogP contribution < -0.4 is 10.6 Å². The first-order chi connectivity index (χ1) is 12.2. The molecule has 9 heteroatoms. The van der Waals surface area contributed by atoms with E-state index in [4.69, 9.17) is 0 Å². The third-order valence-corrected chi connectivity index (χ3v) is 5.29. The van der Waals surface area contributed by atoms with E-state index in [1.54, 1.807) is 16.9 Å². The van der Waals surface area contributed by atoms with Crippen molar-refractivity contribution in [3.05, 3.63) is 12.4 Å². The minimum Gasteiger partial charge on any atom is -0.364 e.